The summed E-state index contributed by atoms with van der Waals surface area (Å²) in [7, 11) is 1.69. The Kier molecular flexibility index (Phi) is 6.34. The zero-order valence-electron chi connectivity index (χ0n) is 10.4. The second-order valence-corrected chi connectivity index (χ2v) is 4.44. The summed E-state index contributed by atoms with van der Waals surface area (Å²) in [6.45, 7) is 3.31. The molecular weight excluding hydrogens is 238 g/mol. The molecule has 1 aromatic rings. The van der Waals surface area contributed by atoms with Crippen LogP contribution in [0.4, 0.5) is 0 Å². The minimum atomic E-state index is 0.118. The van der Waals surface area contributed by atoms with Crippen LogP contribution in [0.15, 0.2) is 18.2 Å². The maximum absolute atomic E-state index is 5.96. The van der Waals surface area contributed by atoms with E-state index >= 15 is 0 Å². The molecule has 0 bridgehead atoms. The van der Waals surface area contributed by atoms with E-state index in [9.17, 15) is 0 Å². The van der Waals surface area contributed by atoms with Crippen molar-refractivity contribution >= 4 is 11.6 Å². The van der Waals surface area contributed by atoms with Crippen molar-refractivity contribution in [3.8, 4) is 5.75 Å². The number of rotatable bonds is 7. The topological polar surface area (TPSA) is 44.5 Å². The van der Waals surface area contributed by atoms with Crippen LogP contribution in [0.3, 0.4) is 0 Å². The van der Waals surface area contributed by atoms with Crippen LogP contribution in [0.5, 0.6) is 5.75 Å². The van der Waals surface area contributed by atoms with Crippen LogP contribution in [0.2, 0.25) is 5.02 Å². The van der Waals surface area contributed by atoms with Crippen molar-refractivity contribution in [2.24, 2.45) is 5.73 Å². The summed E-state index contributed by atoms with van der Waals surface area (Å²) in [5, 5.41) is 0.713. The van der Waals surface area contributed by atoms with Crippen molar-refractivity contribution in [2.45, 2.75) is 25.9 Å². The summed E-state index contributed by atoms with van der Waals surface area (Å²) in [5.41, 5.74) is 6.63. The lowest BCUT2D eigenvalue weighted by Gasteiger charge is -2.17. The van der Waals surface area contributed by atoms with Crippen molar-refractivity contribution in [2.75, 3.05) is 20.3 Å². The standard InChI is InChI=1S/C13H20ClNO2/c1-10(6-8-16-2)17-13-4-3-12(14)9-11(13)5-7-15/h3-4,9-10H,5-8,15H2,1-2H3. The van der Waals surface area contributed by atoms with Gasteiger partial charge in [-0.25, -0.2) is 0 Å². The van der Waals surface area contributed by atoms with E-state index in [1.54, 1.807) is 7.11 Å². The summed E-state index contributed by atoms with van der Waals surface area (Å²) >= 11 is 5.96. The minimum Gasteiger partial charge on any atom is -0.490 e. The molecule has 0 spiro atoms. The molecule has 0 aliphatic heterocycles. The molecule has 2 N–H and O–H groups in total. The van der Waals surface area contributed by atoms with Gasteiger partial charge in [0, 0.05) is 25.2 Å². The van der Waals surface area contributed by atoms with Gasteiger partial charge in [-0.2, -0.15) is 0 Å². The van der Waals surface area contributed by atoms with Crippen LogP contribution in [-0.4, -0.2) is 26.4 Å². The molecule has 17 heavy (non-hydrogen) atoms. The van der Waals surface area contributed by atoms with E-state index in [-0.39, 0.29) is 6.10 Å². The van der Waals surface area contributed by atoms with Crippen molar-refractivity contribution in [1.29, 1.82) is 0 Å². The number of hydrogen-bond donors (Lipinski definition) is 1. The van der Waals surface area contributed by atoms with E-state index < -0.39 is 0 Å². The predicted molar refractivity (Wildman–Crippen MR) is 70.8 cm³/mol. The number of ether oxygens (including phenoxy) is 2. The summed E-state index contributed by atoms with van der Waals surface area (Å²) in [5.74, 6) is 0.864. The van der Waals surface area contributed by atoms with Gasteiger partial charge in [0.15, 0.2) is 0 Å². The smallest absolute Gasteiger partial charge is 0.123 e. The molecule has 0 aromatic heterocycles. The van der Waals surface area contributed by atoms with Gasteiger partial charge in [0.05, 0.1) is 6.10 Å². The second kappa shape index (κ2) is 7.54. The lowest BCUT2D eigenvalue weighted by Crippen LogP contribution is -2.15. The molecule has 3 nitrogen and oxygen atoms in total. The number of nitrogens with two attached hydrogens (primary N) is 1. The molecule has 0 amide bonds. The molecule has 1 aromatic carbocycles. The molecule has 1 atom stereocenters. The van der Waals surface area contributed by atoms with Crippen molar-refractivity contribution in [1.82, 2.24) is 0 Å². The number of benzene rings is 1. The lowest BCUT2D eigenvalue weighted by atomic mass is 10.1. The Labute approximate surface area is 108 Å². The number of methoxy groups -OCH3 is 1. The van der Waals surface area contributed by atoms with Crippen LogP contribution < -0.4 is 10.5 Å². The third kappa shape index (κ3) is 4.94. The van der Waals surface area contributed by atoms with E-state index in [1.165, 1.54) is 0 Å². The van der Waals surface area contributed by atoms with E-state index in [0.717, 1.165) is 24.2 Å². The number of halogens is 1. The van der Waals surface area contributed by atoms with Crippen LogP contribution in [-0.2, 0) is 11.2 Å². The highest BCUT2D eigenvalue weighted by Gasteiger charge is 2.08. The molecule has 0 aliphatic carbocycles. The zero-order chi connectivity index (χ0) is 12.7. The van der Waals surface area contributed by atoms with Gasteiger partial charge in [-0.1, -0.05) is 11.6 Å². The Morgan fingerprint density at radius 1 is 1.41 bits per heavy atom. The fraction of sp³-hybridized carbons (Fsp3) is 0.538. The van der Waals surface area contributed by atoms with E-state index in [2.05, 4.69) is 0 Å². The SMILES string of the molecule is COCCC(C)Oc1ccc(Cl)cc1CCN. The highest BCUT2D eigenvalue weighted by atomic mass is 35.5. The molecule has 1 rings (SSSR count). The van der Waals surface area contributed by atoms with Gasteiger partial charge in [-0.05, 0) is 43.7 Å². The quantitative estimate of drug-likeness (QED) is 0.817. The summed E-state index contributed by atoms with van der Waals surface area (Å²) < 4.78 is 10.9. The largest absolute Gasteiger partial charge is 0.490 e. The molecule has 0 radical (unpaired) electrons. The van der Waals surface area contributed by atoms with Crippen molar-refractivity contribution < 1.29 is 9.47 Å². The third-order valence-corrected chi connectivity index (χ3v) is 2.73. The van der Waals surface area contributed by atoms with Gasteiger partial charge >= 0.3 is 0 Å². The summed E-state index contributed by atoms with van der Waals surface area (Å²) in [6, 6.07) is 5.64. The van der Waals surface area contributed by atoms with Gasteiger partial charge < -0.3 is 15.2 Å². The first-order chi connectivity index (χ1) is 8.17. The molecule has 0 aliphatic rings. The first-order valence-electron chi connectivity index (χ1n) is 5.81. The maximum atomic E-state index is 5.96. The predicted octanol–water partition coefficient (Wildman–Crippen LogP) is 2.64. The Balaban J connectivity index is 2.68. The van der Waals surface area contributed by atoms with Crippen LogP contribution in [0.1, 0.15) is 18.9 Å². The van der Waals surface area contributed by atoms with E-state index in [4.69, 9.17) is 26.8 Å². The normalized spacial score (nSPS) is 12.5. The highest BCUT2D eigenvalue weighted by Crippen LogP contribution is 2.24. The molecule has 0 fully saturated rings. The van der Waals surface area contributed by atoms with Crippen molar-refractivity contribution in [3.63, 3.8) is 0 Å². The molecule has 96 valence electrons. The Morgan fingerprint density at radius 2 is 2.18 bits per heavy atom. The fourth-order valence-corrected chi connectivity index (χ4v) is 1.77. The maximum Gasteiger partial charge on any atom is 0.123 e. The Hall–Kier alpha value is -0.770. The monoisotopic (exact) mass is 257 g/mol. The molecule has 1 unspecified atom stereocenters. The van der Waals surface area contributed by atoms with Crippen LogP contribution in [0.25, 0.3) is 0 Å². The third-order valence-electron chi connectivity index (χ3n) is 2.49. The first-order valence-corrected chi connectivity index (χ1v) is 6.19. The van der Waals surface area contributed by atoms with Gasteiger partial charge in [0.2, 0.25) is 0 Å². The van der Waals surface area contributed by atoms with Crippen LogP contribution in [0, 0.1) is 0 Å². The fourth-order valence-electron chi connectivity index (χ4n) is 1.57. The van der Waals surface area contributed by atoms with Gasteiger partial charge in [0.25, 0.3) is 0 Å². The van der Waals surface area contributed by atoms with Crippen molar-refractivity contribution in [3.05, 3.63) is 28.8 Å². The zero-order valence-corrected chi connectivity index (χ0v) is 11.2. The first kappa shape index (κ1) is 14.3. The number of hydrogen-bond acceptors (Lipinski definition) is 3. The second-order valence-electron chi connectivity index (χ2n) is 4.00. The summed E-state index contributed by atoms with van der Waals surface area (Å²) in [6.07, 6.45) is 1.75. The van der Waals surface area contributed by atoms with Gasteiger partial charge in [-0.3, -0.25) is 0 Å². The molecule has 4 heteroatoms. The molecule has 0 saturated carbocycles. The van der Waals surface area contributed by atoms with E-state index in [1.807, 2.05) is 25.1 Å². The van der Waals surface area contributed by atoms with Gasteiger partial charge in [-0.15, -0.1) is 0 Å². The van der Waals surface area contributed by atoms with Crippen LogP contribution >= 0.6 is 11.6 Å². The summed E-state index contributed by atoms with van der Waals surface area (Å²) in [4.78, 5) is 0. The lowest BCUT2D eigenvalue weighted by molar-refractivity contribution is 0.134. The molecular formula is C13H20ClNO2. The molecule has 0 heterocycles. The highest BCUT2D eigenvalue weighted by molar-refractivity contribution is 6.30. The average Bonchev–Trinajstić information content (AvgIpc) is 2.30. The Bertz CT molecular complexity index is 344. The average molecular weight is 258 g/mol. The Morgan fingerprint density at radius 3 is 2.82 bits per heavy atom. The van der Waals surface area contributed by atoms with E-state index in [0.29, 0.717) is 18.2 Å². The van der Waals surface area contributed by atoms with Gasteiger partial charge in [0.1, 0.15) is 5.75 Å². The molecule has 0 saturated heterocycles. The minimum absolute atomic E-state index is 0.118.